The first kappa shape index (κ1) is 11.0. The molecule has 2 rings (SSSR count). The molecule has 7 heteroatoms. The smallest absolute Gasteiger partial charge is 0.254 e. The maximum atomic E-state index is 11.8. The van der Waals surface area contributed by atoms with Crippen molar-refractivity contribution >= 4 is 21.4 Å². The predicted molar refractivity (Wildman–Crippen MR) is 57.0 cm³/mol. The van der Waals surface area contributed by atoms with Gasteiger partial charge in [0.1, 0.15) is 0 Å². The van der Waals surface area contributed by atoms with Gasteiger partial charge in [0, 0.05) is 18.5 Å². The highest BCUT2D eigenvalue weighted by molar-refractivity contribution is 7.89. The third-order valence-corrected chi connectivity index (χ3v) is 4.27. The SMILES string of the molecule is O=S(=O)(NN1CCOCC1)c1ccsc1. The van der Waals surface area contributed by atoms with Crippen molar-refractivity contribution in [2.24, 2.45) is 0 Å². The van der Waals surface area contributed by atoms with Gasteiger partial charge in [0.2, 0.25) is 0 Å². The second-order valence-corrected chi connectivity index (χ2v) is 5.59. The topological polar surface area (TPSA) is 58.6 Å². The lowest BCUT2D eigenvalue weighted by Crippen LogP contribution is -2.48. The van der Waals surface area contributed by atoms with E-state index in [0.29, 0.717) is 31.2 Å². The third-order valence-electron chi connectivity index (χ3n) is 2.07. The van der Waals surface area contributed by atoms with Gasteiger partial charge in [-0.3, -0.25) is 0 Å². The Kier molecular flexibility index (Phi) is 3.37. The zero-order chi connectivity index (χ0) is 10.7. The highest BCUT2D eigenvalue weighted by Crippen LogP contribution is 2.13. The summed E-state index contributed by atoms with van der Waals surface area (Å²) in [5, 5.41) is 5.02. The average molecular weight is 248 g/mol. The molecule has 1 N–H and O–H groups in total. The number of rotatable bonds is 3. The zero-order valence-electron chi connectivity index (χ0n) is 8.05. The Morgan fingerprint density at radius 1 is 1.40 bits per heavy atom. The van der Waals surface area contributed by atoms with E-state index in [-0.39, 0.29) is 0 Å². The molecular weight excluding hydrogens is 236 g/mol. The fourth-order valence-electron chi connectivity index (χ4n) is 1.28. The predicted octanol–water partition coefficient (Wildman–Crippen LogP) is 0.274. The minimum Gasteiger partial charge on any atom is -0.379 e. The van der Waals surface area contributed by atoms with Gasteiger partial charge in [-0.1, -0.05) is 0 Å². The van der Waals surface area contributed by atoms with Crippen LogP contribution in [0.25, 0.3) is 0 Å². The van der Waals surface area contributed by atoms with Crippen molar-refractivity contribution in [2.45, 2.75) is 4.90 Å². The summed E-state index contributed by atoms with van der Waals surface area (Å²) in [5.41, 5.74) is 0. The number of morpholine rings is 1. The Bertz CT molecular complexity index is 396. The van der Waals surface area contributed by atoms with Crippen molar-refractivity contribution < 1.29 is 13.2 Å². The number of thiophene rings is 1. The van der Waals surface area contributed by atoms with Crippen molar-refractivity contribution in [1.29, 1.82) is 0 Å². The average Bonchev–Trinajstić information content (AvgIpc) is 2.71. The van der Waals surface area contributed by atoms with Crippen LogP contribution in [0.4, 0.5) is 0 Å². The maximum Gasteiger partial charge on any atom is 0.254 e. The van der Waals surface area contributed by atoms with E-state index in [0.717, 1.165) is 0 Å². The van der Waals surface area contributed by atoms with Crippen LogP contribution in [0, 0.1) is 0 Å². The van der Waals surface area contributed by atoms with Gasteiger partial charge in [0.05, 0.1) is 18.1 Å². The van der Waals surface area contributed by atoms with Crippen LogP contribution in [0.2, 0.25) is 0 Å². The van der Waals surface area contributed by atoms with Crippen molar-refractivity contribution in [3.05, 3.63) is 16.8 Å². The fraction of sp³-hybridized carbons (Fsp3) is 0.500. The van der Waals surface area contributed by atoms with Crippen LogP contribution in [0.1, 0.15) is 0 Å². The van der Waals surface area contributed by atoms with Crippen LogP contribution in [-0.4, -0.2) is 39.7 Å². The molecule has 0 atom stereocenters. The molecule has 0 amide bonds. The molecule has 0 unspecified atom stereocenters. The molecule has 5 nitrogen and oxygen atoms in total. The Morgan fingerprint density at radius 2 is 2.13 bits per heavy atom. The lowest BCUT2D eigenvalue weighted by atomic mass is 10.5. The summed E-state index contributed by atoms with van der Waals surface area (Å²) in [6.45, 7) is 2.30. The molecule has 0 bridgehead atoms. The van der Waals surface area contributed by atoms with E-state index in [1.54, 1.807) is 21.8 Å². The second-order valence-electron chi connectivity index (χ2n) is 3.15. The molecule has 2 heterocycles. The minimum atomic E-state index is -3.39. The third kappa shape index (κ3) is 2.76. The number of ether oxygens (including phenoxy) is 1. The molecule has 1 aliphatic rings. The van der Waals surface area contributed by atoms with Crippen LogP contribution in [-0.2, 0) is 14.8 Å². The van der Waals surface area contributed by atoms with Gasteiger partial charge >= 0.3 is 0 Å². The van der Waals surface area contributed by atoms with E-state index in [1.807, 2.05) is 0 Å². The first-order valence-electron chi connectivity index (χ1n) is 4.56. The van der Waals surface area contributed by atoms with E-state index in [1.165, 1.54) is 11.3 Å². The Morgan fingerprint density at radius 3 is 2.73 bits per heavy atom. The van der Waals surface area contributed by atoms with E-state index in [2.05, 4.69) is 4.83 Å². The molecule has 1 aliphatic heterocycles. The van der Waals surface area contributed by atoms with Crippen LogP contribution in [0.5, 0.6) is 0 Å². The quantitative estimate of drug-likeness (QED) is 0.834. The van der Waals surface area contributed by atoms with Gasteiger partial charge in [0.15, 0.2) is 0 Å². The normalized spacial score (nSPS) is 19.2. The summed E-state index contributed by atoms with van der Waals surface area (Å²) < 4.78 is 28.7. The molecule has 1 saturated heterocycles. The van der Waals surface area contributed by atoms with Crippen molar-refractivity contribution in [3.8, 4) is 0 Å². The van der Waals surface area contributed by atoms with Gasteiger partial charge in [-0.2, -0.15) is 11.3 Å². The number of hydrazine groups is 1. The molecule has 0 radical (unpaired) electrons. The Balaban J connectivity index is 2.04. The first-order chi connectivity index (χ1) is 7.18. The largest absolute Gasteiger partial charge is 0.379 e. The maximum absolute atomic E-state index is 11.8. The molecule has 0 aromatic carbocycles. The van der Waals surface area contributed by atoms with E-state index in [4.69, 9.17) is 4.74 Å². The van der Waals surface area contributed by atoms with Crippen LogP contribution >= 0.6 is 11.3 Å². The number of sulfonamides is 1. The zero-order valence-corrected chi connectivity index (χ0v) is 9.68. The first-order valence-corrected chi connectivity index (χ1v) is 6.98. The fourth-order valence-corrected chi connectivity index (χ4v) is 3.43. The number of nitrogens with zero attached hydrogens (tertiary/aromatic N) is 1. The van der Waals surface area contributed by atoms with Gasteiger partial charge in [-0.15, -0.1) is 4.83 Å². The van der Waals surface area contributed by atoms with E-state index >= 15 is 0 Å². The van der Waals surface area contributed by atoms with Gasteiger partial charge in [0.25, 0.3) is 10.0 Å². The lowest BCUT2D eigenvalue weighted by Gasteiger charge is -2.26. The summed E-state index contributed by atoms with van der Waals surface area (Å²) >= 11 is 1.37. The molecule has 1 aromatic heterocycles. The molecule has 0 spiro atoms. The molecule has 15 heavy (non-hydrogen) atoms. The van der Waals surface area contributed by atoms with E-state index in [9.17, 15) is 8.42 Å². The van der Waals surface area contributed by atoms with Crippen LogP contribution in [0.3, 0.4) is 0 Å². The summed E-state index contributed by atoms with van der Waals surface area (Å²) in [7, 11) is -3.39. The summed E-state index contributed by atoms with van der Waals surface area (Å²) in [5.74, 6) is 0. The molecule has 84 valence electrons. The molecule has 0 aliphatic carbocycles. The van der Waals surface area contributed by atoms with Crippen LogP contribution < -0.4 is 4.83 Å². The second kappa shape index (κ2) is 4.58. The number of hydrogen-bond acceptors (Lipinski definition) is 5. The minimum absolute atomic E-state index is 0.319. The summed E-state index contributed by atoms with van der Waals surface area (Å²) in [4.78, 5) is 2.85. The standard InChI is InChI=1S/C8H12N2O3S2/c11-15(12,8-1-6-14-7-8)9-10-2-4-13-5-3-10/h1,6-7,9H,2-5H2. The van der Waals surface area contributed by atoms with Crippen molar-refractivity contribution in [2.75, 3.05) is 26.3 Å². The van der Waals surface area contributed by atoms with Gasteiger partial charge in [-0.25, -0.2) is 13.4 Å². The Hall–Kier alpha value is -0.470. The van der Waals surface area contributed by atoms with Crippen molar-refractivity contribution in [3.63, 3.8) is 0 Å². The lowest BCUT2D eigenvalue weighted by molar-refractivity contribution is 0.0272. The molecular formula is C8H12N2O3S2. The summed E-state index contributed by atoms with van der Waals surface area (Å²) in [6, 6.07) is 1.59. The Labute approximate surface area is 92.7 Å². The van der Waals surface area contributed by atoms with Gasteiger partial charge in [-0.05, 0) is 11.4 Å². The molecule has 0 saturated carbocycles. The highest BCUT2D eigenvalue weighted by Gasteiger charge is 2.19. The number of nitrogens with one attached hydrogen (secondary N) is 1. The highest BCUT2D eigenvalue weighted by atomic mass is 32.2. The molecule has 1 fully saturated rings. The van der Waals surface area contributed by atoms with Crippen molar-refractivity contribution in [1.82, 2.24) is 9.84 Å². The monoisotopic (exact) mass is 248 g/mol. The van der Waals surface area contributed by atoms with Gasteiger partial charge < -0.3 is 4.74 Å². The van der Waals surface area contributed by atoms with E-state index < -0.39 is 10.0 Å². The summed E-state index contributed by atoms with van der Waals surface area (Å²) in [6.07, 6.45) is 0. The van der Waals surface area contributed by atoms with Crippen LogP contribution in [0.15, 0.2) is 21.7 Å². The number of hydrogen-bond donors (Lipinski definition) is 1. The molecule has 1 aromatic rings.